The van der Waals surface area contributed by atoms with Crippen molar-refractivity contribution in [2.75, 3.05) is 12.4 Å². The molecule has 1 aromatic heterocycles. The van der Waals surface area contributed by atoms with E-state index in [0.717, 1.165) is 44.1 Å². The van der Waals surface area contributed by atoms with Crippen LogP contribution in [0.1, 0.15) is 30.0 Å². The second-order valence-corrected chi connectivity index (χ2v) is 8.24. The minimum absolute atomic E-state index is 0.00271. The molecule has 5 heteroatoms. The number of para-hydroxylation sites is 1. The Morgan fingerprint density at radius 1 is 1.14 bits per heavy atom. The quantitative estimate of drug-likeness (QED) is 0.547. The van der Waals surface area contributed by atoms with E-state index in [-0.39, 0.29) is 11.2 Å². The number of thioether (sulfide) groups is 1. The predicted octanol–water partition coefficient (Wildman–Crippen LogP) is 5.68. The number of aryl methyl sites for hydroxylation is 3. The molecule has 0 aliphatic carbocycles. The summed E-state index contributed by atoms with van der Waals surface area (Å²) < 4.78 is 5.47. The number of fused-ring (bicyclic) bond motifs is 1. The molecule has 1 heterocycles. The zero-order valence-electron chi connectivity index (χ0n) is 17.0. The van der Waals surface area contributed by atoms with Crippen LogP contribution in [-0.2, 0) is 4.79 Å². The Morgan fingerprint density at radius 3 is 2.50 bits per heavy atom. The molecule has 0 aliphatic heterocycles. The van der Waals surface area contributed by atoms with E-state index in [4.69, 9.17) is 9.72 Å². The van der Waals surface area contributed by atoms with E-state index in [2.05, 4.69) is 18.3 Å². The lowest BCUT2D eigenvalue weighted by atomic mass is 10.1. The van der Waals surface area contributed by atoms with Crippen molar-refractivity contribution in [2.45, 2.75) is 44.4 Å². The number of anilines is 1. The smallest absolute Gasteiger partial charge is 0.237 e. The van der Waals surface area contributed by atoms with E-state index >= 15 is 0 Å². The van der Waals surface area contributed by atoms with Gasteiger partial charge in [-0.2, -0.15) is 0 Å². The summed E-state index contributed by atoms with van der Waals surface area (Å²) >= 11 is 1.49. The van der Waals surface area contributed by atoms with Gasteiger partial charge in [-0.3, -0.25) is 4.79 Å². The highest BCUT2D eigenvalue weighted by Gasteiger charge is 2.20. The van der Waals surface area contributed by atoms with Gasteiger partial charge in [0.15, 0.2) is 0 Å². The van der Waals surface area contributed by atoms with Gasteiger partial charge in [0.25, 0.3) is 0 Å². The maximum absolute atomic E-state index is 12.9. The van der Waals surface area contributed by atoms with E-state index < -0.39 is 0 Å². The van der Waals surface area contributed by atoms with Crippen molar-refractivity contribution in [3.05, 3.63) is 59.2 Å². The van der Waals surface area contributed by atoms with Crippen LogP contribution in [0.5, 0.6) is 5.75 Å². The number of carbonyl (C=O) groups is 1. The number of hydrogen-bond acceptors (Lipinski definition) is 4. The van der Waals surface area contributed by atoms with Gasteiger partial charge in [0.1, 0.15) is 11.3 Å². The zero-order chi connectivity index (χ0) is 20.3. The van der Waals surface area contributed by atoms with Crippen molar-refractivity contribution in [3.63, 3.8) is 0 Å². The van der Waals surface area contributed by atoms with Crippen LogP contribution in [0.2, 0.25) is 0 Å². The molecule has 1 unspecified atom stereocenters. The van der Waals surface area contributed by atoms with Gasteiger partial charge in [0.05, 0.1) is 17.4 Å². The first kappa shape index (κ1) is 20.2. The predicted molar refractivity (Wildman–Crippen MR) is 118 cm³/mol. The topological polar surface area (TPSA) is 51.2 Å². The Kier molecular flexibility index (Phi) is 6.25. The van der Waals surface area contributed by atoms with E-state index in [1.807, 2.05) is 57.2 Å². The fraction of sp³-hybridized carbons (Fsp3) is 0.304. The summed E-state index contributed by atoms with van der Waals surface area (Å²) in [5.41, 5.74) is 5.06. The summed E-state index contributed by atoms with van der Waals surface area (Å²) in [7, 11) is 1.65. The summed E-state index contributed by atoms with van der Waals surface area (Å²) in [4.78, 5) is 17.6. The number of pyridine rings is 1. The first-order chi connectivity index (χ1) is 13.4. The number of amides is 1. The lowest BCUT2D eigenvalue weighted by molar-refractivity contribution is -0.115. The molecular formula is C23H26N2O2S. The van der Waals surface area contributed by atoms with Gasteiger partial charge >= 0.3 is 0 Å². The zero-order valence-corrected chi connectivity index (χ0v) is 17.8. The van der Waals surface area contributed by atoms with Gasteiger partial charge in [0.2, 0.25) is 5.91 Å². The Morgan fingerprint density at radius 2 is 1.86 bits per heavy atom. The Bertz CT molecular complexity index is 997. The van der Waals surface area contributed by atoms with E-state index in [9.17, 15) is 4.79 Å². The fourth-order valence-electron chi connectivity index (χ4n) is 3.32. The van der Waals surface area contributed by atoms with Gasteiger partial charge < -0.3 is 10.1 Å². The van der Waals surface area contributed by atoms with Crippen molar-refractivity contribution < 1.29 is 9.53 Å². The van der Waals surface area contributed by atoms with Crippen molar-refractivity contribution in [3.8, 4) is 5.75 Å². The average molecular weight is 395 g/mol. The SMILES string of the molecule is CCC(Sc1cc(C)c2cccc(OC)c2n1)C(=O)Nc1cc(C)cc(C)c1. The highest BCUT2D eigenvalue weighted by Crippen LogP contribution is 2.32. The Hall–Kier alpha value is -2.53. The minimum atomic E-state index is -0.222. The average Bonchev–Trinajstić information content (AvgIpc) is 2.64. The molecule has 1 amide bonds. The number of nitrogens with one attached hydrogen (secondary N) is 1. The van der Waals surface area contributed by atoms with Gasteiger partial charge in [-0.05, 0) is 68.1 Å². The first-order valence-electron chi connectivity index (χ1n) is 9.41. The number of ether oxygens (including phenoxy) is 1. The molecule has 1 N–H and O–H groups in total. The summed E-state index contributed by atoms with van der Waals surface area (Å²) in [5.74, 6) is 0.743. The first-order valence-corrected chi connectivity index (χ1v) is 10.3. The molecule has 0 radical (unpaired) electrons. The van der Waals surface area contributed by atoms with Gasteiger partial charge in [-0.25, -0.2) is 4.98 Å². The highest BCUT2D eigenvalue weighted by molar-refractivity contribution is 8.00. The molecule has 28 heavy (non-hydrogen) atoms. The van der Waals surface area contributed by atoms with E-state index in [1.54, 1.807) is 7.11 Å². The van der Waals surface area contributed by atoms with E-state index in [0.29, 0.717) is 6.42 Å². The normalized spacial score (nSPS) is 12.0. The lowest BCUT2D eigenvalue weighted by Crippen LogP contribution is -2.24. The molecule has 0 fully saturated rings. The summed E-state index contributed by atoms with van der Waals surface area (Å²) in [6.45, 7) is 8.14. The third-order valence-electron chi connectivity index (χ3n) is 4.62. The van der Waals surface area contributed by atoms with Gasteiger partial charge in [-0.1, -0.05) is 36.9 Å². The Labute approximate surface area is 170 Å². The minimum Gasteiger partial charge on any atom is -0.494 e. The molecule has 0 aliphatic rings. The molecular weight excluding hydrogens is 368 g/mol. The van der Waals surface area contributed by atoms with Crippen molar-refractivity contribution in [1.82, 2.24) is 4.98 Å². The molecule has 146 valence electrons. The Balaban J connectivity index is 1.85. The maximum atomic E-state index is 12.9. The molecule has 3 aromatic rings. The molecule has 2 aromatic carbocycles. The van der Waals surface area contributed by atoms with Crippen LogP contribution < -0.4 is 10.1 Å². The number of nitrogens with zero attached hydrogens (tertiary/aromatic N) is 1. The summed E-state index contributed by atoms with van der Waals surface area (Å²) in [6, 6.07) is 14.0. The van der Waals surface area contributed by atoms with Gasteiger partial charge in [-0.15, -0.1) is 0 Å². The number of methoxy groups -OCH3 is 1. The second kappa shape index (κ2) is 8.65. The molecule has 0 saturated carbocycles. The van der Waals surface area contributed by atoms with Crippen LogP contribution >= 0.6 is 11.8 Å². The molecule has 4 nitrogen and oxygen atoms in total. The molecule has 0 saturated heterocycles. The monoisotopic (exact) mass is 394 g/mol. The number of hydrogen-bond donors (Lipinski definition) is 1. The number of benzene rings is 2. The third kappa shape index (κ3) is 4.47. The lowest BCUT2D eigenvalue weighted by Gasteiger charge is -2.16. The van der Waals surface area contributed by atoms with Crippen molar-refractivity contribution >= 4 is 34.3 Å². The maximum Gasteiger partial charge on any atom is 0.237 e. The third-order valence-corrected chi connectivity index (χ3v) is 5.90. The summed E-state index contributed by atoms with van der Waals surface area (Å²) in [6.07, 6.45) is 0.714. The van der Waals surface area contributed by atoms with Gasteiger partial charge in [0, 0.05) is 11.1 Å². The van der Waals surface area contributed by atoms with Crippen LogP contribution in [0, 0.1) is 20.8 Å². The highest BCUT2D eigenvalue weighted by atomic mass is 32.2. The number of rotatable bonds is 6. The molecule has 1 atom stereocenters. The number of carbonyl (C=O) groups excluding carboxylic acids is 1. The van der Waals surface area contributed by atoms with Crippen molar-refractivity contribution in [1.29, 1.82) is 0 Å². The molecule has 0 spiro atoms. The fourth-order valence-corrected chi connectivity index (χ4v) is 4.34. The standard InChI is InChI=1S/C23H26N2O2S/c1-6-20(23(26)24-17-11-14(2)10-15(3)12-17)28-21-13-16(4)18-8-7-9-19(27-5)22(18)25-21/h7-13,20H,6H2,1-5H3,(H,24,26). The molecule has 3 rings (SSSR count). The van der Waals surface area contributed by atoms with Crippen LogP contribution in [0.3, 0.4) is 0 Å². The van der Waals surface area contributed by atoms with Crippen molar-refractivity contribution in [2.24, 2.45) is 0 Å². The van der Waals surface area contributed by atoms with E-state index in [1.165, 1.54) is 11.8 Å². The molecule has 0 bridgehead atoms. The van der Waals surface area contributed by atoms with Crippen LogP contribution in [0.4, 0.5) is 5.69 Å². The van der Waals surface area contributed by atoms with Crippen LogP contribution in [0.25, 0.3) is 10.9 Å². The largest absolute Gasteiger partial charge is 0.494 e. The van der Waals surface area contributed by atoms with Crippen LogP contribution in [-0.4, -0.2) is 23.3 Å². The van der Waals surface area contributed by atoms with Crippen LogP contribution in [0.15, 0.2) is 47.5 Å². The second-order valence-electron chi connectivity index (χ2n) is 7.01. The number of aromatic nitrogens is 1. The summed E-state index contributed by atoms with van der Waals surface area (Å²) in [5, 5.41) is 4.73.